The topological polar surface area (TPSA) is 49.7 Å². The van der Waals surface area contributed by atoms with Crippen LogP contribution in [0.15, 0.2) is 21.9 Å². The number of hydrogen-bond donors (Lipinski definition) is 0. The van der Waals surface area contributed by atoms with Gasteiger partial charge in [0, 0.05) is 10.9 Å². The van der Waals surface area contributed by atoms with Gasteiger partial charge in [-0.05, 0) is 62.3 Å². The van der Waals surface area contributed by atoms with Crippen LogP contribution in [-0.4, -0.2) is 29.0 Å². The van der Waals surface area contributed by atoms with Crippen LogP contribution < -0.4 is 0 Å². The zero-order chi connectivity index (χ0) is 16.9. The number of carbonyl (C=O) groups is 2. The number of rotatable bonds is 4. The number of hydrazone groups is 1. The Morgan fingerprint density at radius 3 is 2.71 bits per heavy atom. The quantitative estimate of drug-likeness (QED) is 0.776. The predicted molar refractivity (Wildman–Crippen MR) is 95.1 cm³/mol. The van der Waals surface area contributed by atoms with Gasteiger partial charge >= 0.3 is 0 Å². The average molecular weight is 344 g/mol. The van der Waals surface area contributed by atoms with Crippen molar-refractivity contribution in [2.45, 2.75) is 46.0 Å². The number of fused-ring (bicyclic) bond motifs is 3. The molecule has 0 N–H and O–H groups in total. The summed E-state index contributed by atoms with van der Waals surface area (Å²) in [6.45, 7) is 4.09. The molecule has 2 atom stereocenters. The fourth-order valence-corrected chi connectivity index (χ4v) is 5.68. The maximum Gasteiger partial charge on any atom is 0.255 e. The first-order valence-electron chi connectivity index (χ1n) is 8.93. The molecule has 0 saturated heterocycles. The molecular weight excluding hydrogens is 320 g/mol. The van der Waals surface area contributed by atoms with Gasteiger partial charge in [0.1, 0.15) is 6.54 Å². The molecule has 1 aliphatic heterocycles. The van der Waals surface area contributed by atoms with Crippen LogP contribution in [0, 0.1) is 23.2 Å². The molecule has 2 bridgehead atoms. The Bertz CT molecular complexity index is 688. The predicted octanol–water partition coefficient (Wildman–Crippen LogP) is 3.98. The van der Waals surface area contributed by atoms with Crippen LogP contribution >= 0.6 is 11.3 Å². The third kappa shape index (κ3) is 2.36. The number of nitrogens with zero attached hydrogens (tertiary/aromatic N) is 2. The van der Waals surface area contributed by atoms with Crippen LogP contribution in [0.4, 0.5) is 0 Å². The molecule has 3 aliphatic carbocycles. The van der Waals surface area contributed by atoms with Gasteiger partial charge in [-0.15, -0.1) is 0 Å². The second kappa shape index (κ2) is 5.80. The van der Waals surface area contributed by atoms with Gasteiger partial charge in [-0.1, -0.05) is 12.8 Å². The van der Waals surface area contributed by atoms with Crippen LogP contribution in [0.1, 0.15) is 56.3 Å². The van der Waals surface area contributed by atoms with Crippen molar-refractivity contribution >= 4 is 28.7 Å². The third-order valence-corrected chi connectivity index (χ3v) is 7.31. The lowest BCUT2D eigenvalue weighted by atomic mass is 9.55. The van der Waals surface area contributed by atoms with Crippen molar-refractivity contribution < 1.29 is 9.59 Å². The Balaban J connectivity index is 1.55. The van der Waals surface area contributed by atoms with E-state index in [1.807, 2.05) is 23.8 Å². The summed E-state index contributed by atoms with van der Waals surface area (Å²) in [5, 5.41) is 9.66. The number of ketones is 1. The highest BCUT2D eigenvalue weighted by atomic mass is 32.1. The highest BCUT2D eigenvalue weighted by Crippen LogP contribution is 2.54. The summed E-state index contributed by atoms with van der Waals surface area (Å²) in [7, 11) is 0. The van der Waals surface area contributed by atoms with Crippen molar-refractivity contribution in [2.75, 3.05) is 6.54 Å². The maximum absolute atomic E-state index is 13.2. The molecule has 0 spiro atoms. The monoisotopic (exact) mass is 344 g/mol. The Morgan fingerprint density at radius 1 is 1.38 bits per heavy atom. The van der Waals surface area contributed by atoms with E-state index in [0.717, 1.165) is 18.1 Å². The number of Topliss-reactive ketones (excluding diaryl/α,β-unsaturated/α-hetero) is 1. The van der Waals surface area contributed by atoms with E-state index in [1.54, 1.807) is 0 Å². The summed E-state index contributed by atoms with van der Waals surface area (Å²) in [6, 6.07) is 1.81. The molecule has 5 rings (SSSR count). The van der Waals surface area contributed by atoms with E-state index >= 15 is 0 Å². The van der Waals surface area contributed by atoms with Crippen molar-refractivity contribution in [1.29, 1.82) is 0 Å². The first-order chi connectivity index (χ1) is 11.5. The van der Waals surface area contributed by atoms with E-state index in [2.05, 4.69) is 12.0 Å². The molecule has 1 aromatic heterocycles. The van der Waals surface area contributed by atoms with E-state index in [4.69, 9.17) is 0 Å². The van der Waals surface area contributed by atoms with Crippen molar-refractivity contribution in [2.24, 2.45) is 28.3 Å². The first kappa shape index (κ1) is 16.0. The van der Waals surface area contributed by atoms with Gasteiger partial charge < -0.3 is 0 Å². The molecule has 1 amide bonds. The Labute approximate surface area is 146 Å². The highest BCUT2D eigenvalue weighted by molar-refractivity contribution is 7.08. The van der Waals surface area contributed by atoms with E-state index < -0.39 is 5.41 Å². The van der Waals surface area contributed by atoms with Gasteiger partial charge in [0.2, 0.25) is 0 Å². The summed E-state index contributed by atoms with van der Waals surface area (Å²) in [5.74, 6) is 1.81. The third-order valence-electron chi connectivity index (χ3n) is 6.63. The van der Waals surface area contributed by atoms with Crippen LogP contribution in [0.2, 0.25) is 0 Å². The average Bonchev–Trinajstić information content (AvgIpc) is 3.21. The second-order valence-corrected chi connectivity index (χ2v) is 8.59. The van der Waals surface area contributed by atoms with Gasteiger partial charge in [0.05, 0.1) is 11.1 Å². The lowest BCUT2D eigenvalue weighted by molar-refractivity contribution is -0.140. The Hall–Kier alpha value is -1.49. The fourth-order valence-electron chi connectivity index (χ4n) is 5.02. The molecule has 4 aliphatic rings. The van der Waals surface area contributed by atoms with Crippen LogP contribution in [0.25, 0.3) is 0 Å². The van der Waals surface area contributed by atoms with Gasteiger partial charge in [-0.3, -0.25) is 9.59 Å². The lowest BCUT2D eigenvalue weighted by Crippen LogP contribution is -2.49. The molecule has 2 heterocycles. The molecule has 24 heavy (non-hydrogen) atoms. The van der Waals surface area contributed by atoms with Crippen LogP contribution in [0.3, 0.4) is 0 Å². The first-order valence-corrected chi connectivity index (χ1v) is 9.87. The largest absolute Gasteiger partial charge is 0.292 e. The standard InChI is InChI=1S/C19H24N2O2S/c1-12-19(2,16-9-13-3-5-14(16)6-4-13)18(23)21(20-12)10-17(22)15-7-8-24-11-15/h7-8,11,13-14,16H,3-6,9-10H2,1-2H3/t13-,14+,16-,19?/m1/s1. The normalized spacial score (nSPS) is 35.4. The maximum atomic E-state index is 13.2. The highest BCUT2D eigenvalue weighted by Gasteiger charge is 2.55. The van der Waals surface area contributed by atoms with Gasteiger partial charge in [-0.2, -0.15) is 16.4 Å². The number of amides is 1. The van der Waals surface area contributed by atoms with Crippen molar-refractivity contribution in [3.63, 3.8) is 0 Å². The summed E-state index contributed by atoms with van der Waals surface area (Å²) < 4.78 is 0. The smallest absolute Gasteiger partial charge is 0.255 e. The summed E-state index contributed by atoms with van der Waals surface area (Å²) in [4.78, 5) is 25.6. The minimum atomic E-state index is -0.515. The zero-order valence-electron chi connectivity index (χ0n) is 14.3. The number of carbonyl (C=O) groups excluding carboxylic acids is 2. The van der Waals surface area contributed by atoms with Gasteiger partial charge in [-0.25, -0.2) is 5.01 Å². The summed E-state index contributed by atoms with van der Waals surface area (Å²) >= 11 is 1.50. The molecule has 1 unspecified atom stereocenters. The molecule has 3 fully saturated rings. The fraction of sp³-hybridized carbons (Fsp3) is 0.632. The molecular formula is C19H24N2O2S. The lowest BCUT2D eigenvalue weighted by Gasteiger charge is -2.48. The van der Waals surface area contributed by atoms with Crippen molar-refractivity contribution in [1.82, 2.24) is 5.01 Å². The molecule has 5 heteroatoms. The molecule has 3 saturated carbocycles. The molecule has 0 radical (unpaired) electrons. The van der Waals surface area contributed by atoms with Gasteiger partial charge in [0.15, 0.2) is 5.78 Å². The molecule has 1 aromatic rings. The van der Waals surface area contributed by atoms with Crippen LogP contribution in [-0.2, 0) is 4.79 Å². The van der Waals surface area contributed by atoms with Crippen LogP contribution in [0.5, 0.6) is 0 Å². The summed E-state index contributed by atoms with van der Waals surface area (Å²) in [6.07, 6.45) is 6.29. The van der Waals surface area contributed by atoms with E-state index in [0.29, 0.717) is 17.4 Å². The summed E-state index contributed by atoms with van der Waals surface area (Å²) in [5.41, 5.74) is 1.05. The molecule has 128 valence electrons. The SMILES string of the molecule is CC1=NN(CC(=O)c2ccsc2)C(=O)C1(C)[C@@H]1C[C@H]2CC[C@@H]1CC2. The second-order valence-electron chi connectivity index (χ2n) is 7.81. The van der Waals surface area contributed by atoms with E-state index in [1.165, 1.54) is 42.0 Å². The zero-order valence-corrected chi connectivity index (χ0v) is 15.1. The van der Waals surface area contributed by atoms with Gasteiger partial charge in [0.25, 0.3) is 5.91 Å². The molecule has 4 nitrogen and oxygen atoms in total. The number of hydrogen-bond acceptors (Lipinski definition) is 4. The molecule has 0 aromatic carbocycles. The Kier molecular flexibility index (Phi) is 3.87. The van der Waals surface area contributed by atoms with Crippen molar-refractivity contribution in [3.05, 3.63) is 22.4 Å². The minimum absolute atomic E-state index is 0.0288. The van der Waals surface area contributed by atoms with E-state index in [9.17, 15) is 9.59 Å². The van der Waals surface area contributed by atoms with Crippen molar-refractivity contribution in [3.8, 4) is 0 Å². The minimum Gasteiger partial charge on any atom is -0.292 e. The Morgan fingerprint density at radius 2 is 2.12 bits per heavy atom. The number of thiophene rings is 1. The van der Waals surface area contributed by atoms with E-state index in [-0.39, 0.29) is 18.2 Å².